The Labute approximate surface area is 184 Å². The number of nitrogens with one attached hydrogen (secondary N) is 1. The molecule has 9 heteroatoms. The van der Waals surface area contributed by atoms with E-state index in [2.05, 4.69) is 10.3 Å². The molecule has 1 aromatic carbocycles. The van der Waals surface area contributed by atoms with E-state index < -0.39 is 12.1 Å². The van der Waals surface area contributed by atoms with Crippen molar-refractivity contribution in [3.05, 3.63) is 63.9 Å². The number of ketones is 1. The maximum Gasteiger partial charge on any atom is 0.327 e. The van der Waals surface area contributed by atoms with Crippen LogP contribution in [0.15, 0.2) is 42.7 Å². The first-order chi connectivity index (χ1) is 14.5. The van der Waals surface area contributed by atoms with Gasteiger partial charge < -0.3 is 10.2 Å². The van der Waals surface area contributed by atoms with Gasteiger partial charge in [0.2, 0.25) is 5.91 Å². The fourth-order valence-electron chi connectivity index (χ4n) is 3.94. The summed E-state index contributed by atoms with van der Waals surface area (Å²) in [5, 5.41) is 3.85. The summed E-state index contributed by atoms with van der Waals surface area (Å²) in [4.78, 5) is 46.0. The molecule has 2 aliphatic heterocycles. The molecule has 1 N–H and O–H groups in total. The number of carbonyl (C=O) groups excluding carboxylic acids is 3. The number of imide groups is 1. The van der Waals surface area contributed by atoms with E-state index in [9.17, 15) is 14.4 Å². The molecule has 0 spiro atoms. The summed E-state index contributed by atoms with van der Waals surface area (Å²) in [6.07, 6.45) is 4.72. The molecule has 2 aliphatic rings. The zero-order valence-electron chi connectivity index (χ0n) is 16.1. The van der Waals surface area contributed by atoms with Crippen molar-refractivity contribution in [3.8, 4) is 0 Å². The molecular formula is C21H20Cl2N4O3. The van der Waals surface area contributed by atoms with Crippen molar-refractivity contribution in [3.63, 3.8) is 0 Å². The number of piperidine rings is 1. The topological polar surface area (TPSA) is 82.6 Å². The summed E-state index contributed by atoms with van der Waals surface area (Å²) in [7, 11) is 0. The fraction of sp³-hybridized carbons (Fsp3) is 0.333. The number of aromatic nitrogens is 1. The number of carbonyl (C=O) groups is 3. The Balaban J connectivity index is 1.60. The van der Waals surface area contributed by atoms with Gasteiger partial charge in [-0.25, -0.2) is 4.79 Å². The van der Waals surface area contributed by atoms with E-state index >= 15 is 0 Å². The Hall–Kier alpha value is -2.48. The number of rotatable bonds is 5. The highest BCUT2D eigenvalue weighted by Crippen LogP contribution is 2.27. The molecule has 4 rings (SSSR count). The normalized spacial score (nSPS) is 21.5. The Bertz CT molecular complexity index is 985. The first kappa shape index (κ1) is 20.8. The highest BCUT2D eigenvalue weighted by atomic mass is 35.5. The number of amides is 3. The molecule has 2 atom stereocenters. The van der Waals surface area contributed by atoms with Gasteiger partial charge in [-0.2, -0.15) is 0 Å². The highest BCUT2D eigenvalue weighted by molar-refractivity contribution is 6.42. The van der Waals surface area contributed by atoms with Crippen molar-refractivity contribution in [1.82, 2.24) is 20.1 Å². The second-order valence-corrected chi connectivity index (χ2v) is 8.20. The molecule has 0 radical (unpaired) electrons. The van der Waals surface area contributed by atoms with Crippen LogP contribution in [-0.4, -0.2) is 57.7 Å². The number of fused-ring (bicyclic) bond motifs is 1. The van der Waals surface area contributed by atoms with Crippen LogP contribution >= 0.6 is 23.2 Å². The molecule has 0 saturated carbocycles. The second-order valence-electron chi connectivity index (χ2n) is 7.39. The average Bonchev–Trinajstić information content (AvgIpc) is 2.76. The number of urea groups is 1. The SMILES string of the molecule is O=C(CN1C(=O)N(Cc2cccnc2)C(=O)C2NCCCC21)c1ccc(Cl)c(Cl)c1. The molecule has 2 fully saturated rings. The quantitative estimate of drug-likeness (QED) is 0.713. The predicted molar refractivity (Wildman–Crippen MR) is 112 cm³/mol. The molecule has 0 bridgehead atoms. The van der Waals surface area contributed by atoms with Crippen molar-refractivity contribution in [2.45, 2.75) is 31.5 Å². The van der Waals surface area contributed by atoms with E-state index in [1.54, 1.807) is 36.7 Å². The van der Waals surface area contributed by atoms with Crippen molar-refractivity contribution < 1.29 is 14.4 Å². The van der Waals surface area contributed by atoms with Crippen LogP contribution in [0.25, 0.3) is 0 Å². The molecule has 2 saturated heterocycles. The molecule has 2 aromatic rings. The van der Waals surface area contributed by atoms with Crippen molar-refractivity contribution in [1.29, 1.82) is 0 Å². The maximum atomic E-state index is 13.3. The summed E-state index contributed by atoms with van der Waals surface area (Å²) in [6.45, 7) is 0.654. The minimum atomic E-state index is -0.533. The van der Waals surface area contributed by atoms with Gasteiger partial charge in [0.05, 0.1) is 29.2 Å². The van der Waals surface area contributed by atoms with Crippen LogP contribution in [-0.2, 0) is 11.3 Å². The molecule has 7 nitrogen and oxygen atoms in total. The zero-order chi connectivity index (χ0) is 21.3. The molecule has 1 aromatic heterocycles. The van der Waals surface area contributed by atoms with Crippen LogP contribution in [0.5, 0.6) is 0 Å². The standard InChI is InChI=1S/C21H20Cl2N4O3/c22-15-6-5-14(9-16(15)23)18(28)12-26-17-4-2-8-25-19(17)20(29)27(21(26)30)11-13-3-1-7-24-10-13/h1,3,5-7,9-10,17,19,25H,2,4,8,11-12H2. The third kappa shape index (κ3) is 4.05. The van der Waals surface area contributed by atoms with Crippen LogP contribution in [0.2, 0.25) is 10.0 Å². The monoisotopic (exact) mass is 446 g/mol. The number of pyridine rings is 1. The van der Waals surface area contributed by atoms with Gasteiger partial charge in [0.1, 0.15) is 6.04 Å². The van der Waals surface area contributed by atoms with Gasteiger partial charge in [0.15, 0.2) is 5.78 Å². The minimum absolute atomic E-state index is 0.105. The van der Waals surface area contributed by atoms with Gasteiger partial charge in [-0.05, 0) is 49.2 Å². The van der Waals surface area contributed by atoms with Crippen molar-refractivity contribution >= 4 is 40.9 Å². The van der Waals surface area contributed by atoms with E-state index in [0.717, 1.165) is 12.0 Å². The van der Waals surface area contributed by atoms with E-state index in [4.69, 9.17) is 23.2 Å². The Morgan fingerprint density at radius 2 is 2.03 bits per heavy atom. The summed E-state index contributed by atoms with van der Waals surface area (Å²) in [5.74, 6) is -0.534. The number of Topliss-reactive ketones (excluding diaryl/α,β-unsaturated/α-hetero) is 1. The van der Waals surface area contributed by atoms with E-state index in [-0.39, 0.29) is 35.8 Å². The highest BCUT2D eigenvalue weighted by Gasteiger charge is 2.47. The summed E-state index contributed by atoms with van der Waals surface area (Å²) >= 11 is 12.0. The molecule has 30 heavy (non-hydrogen) atoms. The van der Waals surface area contributed by atoms with Crippen LogP contribution in [0.1, 0.15) is 28.8 Å². The van der Waals surface area contributed by atoms with E-state index in [0.29, 0.717) is 23.6 Å². The fourth-order valence-corrected chi connectivity index (χ4v) is 4.24. The largest absolute Gasteiger partial charge is 0.327 e. The van der Waals surface area contributed by atoms with Crippen LogP contribution in [0.3, 0.4) is 0 Å². The average molecular weight is 447 g/mol. The number of nitrogens with zero attached hydrogens (tertiary/aromatic N) is 3. The van der Waals surface area contributed by atoms with Gasteiger partial charge in [-0.1, -0.05) is 29.3 Å². The number of benzene rings is 1. The first-order valence-electron chi connectivity index (χ1n) is 9.68. The van der Waals surface area contributed by atoms with Gasteiger partial charge in [-0.3, -0.25) is 19.5 Å². The van der Waals surface area contributed by atoms with Crippen LogP contribution in [0, 0.1) is 0 Å². The Kier molecular flexibility index (Phi) is 6.04. The number of hydrogen-bond donors (Lipinski definition) is 1. The lowest BCUT2D eigenvalue weighted by Crippen LogP contribution is -2.69. The van der Waals surface area contributed by atoms with Gasteiger partial charge in [0, 0.05) is 18.0 Å². The minimum Gasteiger partial charge on any atom is -0.311 e. The van der Waals surface area contributed by atoms with E-state index in [1.165, 1.54) is 15.9 Å². The van der Waals surface area contributed by atoms with Crippen molar-refractivity contribution in [2.24, 2.45) is 0 Å². The zero-order valence-corrected chi connectivity index (χ0v) is 17.6. The summed E-state index contributed by atoms with van der Waals surface area (Å²) in [5.41, 5.74) is 1.11. The smallest absolute Gasteiger partial charge is 0.311 e. The lowest BCUT2D eigenvalue weighted by atomic mass is 9.92. The maximum absolute atomic E-state index is 13.3. The second kappa shape index (κ2) is 8.71. The Morgan fingerprint density at radius 1 is 1.20 bits per heavy atom. The predicted octanol–water partition coefficient (Wildman–Crippen LogP) is 3.16. The number of halogens is 2. The third-order valence-corrected chi connectivity index (χ3v) is 6.19. The van der Waals surface area contributed by atoms with Gasteiger partial charge in [0.25, 0.3) is 0 Å². The van der Waals surface area contributed by atoms with Crippen LogP contribution < -0.4 is 5.32 Å². The first-order valence-corrected chi connectivity index (χ1v) is 10.4. The summed E-state index contributed by atoms with van der Waals surface area (Å²) < 4.78 is 0. The van der Waals surface area contributed by atoms with Crippen LogP contribution in [0.4, 0.5) is 4.79 Å². The Morgan fingerprint density at radius 3 is 2.77 bits per heavy atom. The molecule has 156 valence electrons. The molecule has 0 aliphatic carbocycles. The lowest BCUT2D eigenvalue weighted by molar-refractivity contribution is -0.137. The number of hydrogen-bond acceptors (Lipinski definition) is 5. The molecule has 3 heterocycles. The lowest BCUT2D eigenvalue weighted by Gasteiger charge is -2.46. The van der Waals surface area contributed by atoms with Gasteiger partial charge >= 0.3 is 6.03 Å². The van der Waals surface area contributed by atoms with Gasteiger partial charge in [-0.15, -0.1) is 0 Å². The van der Waals surface area contributed by atoms with Crippen molar-refractivity contribution in [2.75, 3.05) is 13.1 Å². The molecular weight excluding hydrogens is 427 g/mol. The molecule has 3 amide bonds. The third-order valence-electron chi connectivity index (χ3n) is 5.45. The summed E-state index contributed by atoms with van der Waals surface area (Å²) in [6, 6.07) is 6.82. The van der Waals surface area contributed by atoms with E-state index in [1.807, 2.05) is 0 Å². The molecule has 2 unspecified atom stereocenters.